The van der Waals surface area contributed by atoms with Gasteiger partial charge in [-0.1, -0.05) is 41.7 Å². The quantitative estimate of drug-likeness (QED) is 0.558. The van der Waals surface area contributed by atoms with E-state index in [-0.39, 0.29) is 23.6 Å². The number of esters is 1. The van der Waals surface area contributed by atoms with Crippen LogP contribution in [0.25, 0.3) is 6.08 Å². The van der Waals surface area contributed by atoms with E-state index in [1.54, 1.807) is 38.1 Å². The van der Waals surface area contributed by atoms with Gasteiger partial charge in [-0.25, -0.2) is 14.2 Å². The summed E-state index contributed by atoms with van der Waals surface area (Å²) in [4.78, 5) is 31.4. The maximum absolute atomic E-state index is 13.5. The van der Waals surface area contributed by atoms with E-state index in [0.717, 1.165) is 0 Å². The Balaban J connectivity index is 1.98. The fourth-order valence-corrected chi connectivity index (χ4v) is 4.74. The molecule has 8 heteroatoms. The third-order valence-corrected chi connectivity index (χ3v) is 6.10. The van der Waals surface area contributed by atoms with E-state index >= 15 is 0 Å². The Morgan fingerprint density at radius 2 is 1.94 bits per heavy atom. The van der Waals surface area contributed by atoms with Crippen LogP contribution in [0.3, 0.4) is 0 Å². The van der Waals surface area contributed by atoms with Crippen LogP contribution in [0.1, 0.15) is 31.0 Å². The number of ether oxygens (including phenoxy) is 2. The topological polar surface area (TPSA) is 69.9 Å². The van der Waals surface area contributed by atoms with Crippen molar-refractivity contribution in [2.24, 2.45) is 4.99 Å². The summed E-state index contributed by atoms with van der Waals surface area (Å²) in [6, 6.07) is 12.4. The number of methoxy groups -OCH3 is 1. The second-order valence-electron chi connectivity index (χ2n) is 7.10. The molecule has 2 aromatic carbocycles. The molecule has 32 heavy (non-hydrogen) atoms. The first-order valence-electron chi connectivity index (χ1n) is 10.0. The molecule has 6 nitrogen and oxygen atoms in total. The van der Waals surface area contributed by atoms with E-state index in [1.165, 1.54) is 35.1 Å². The number of rotatable bonds is 5. The fourth-order valence-electron chi connectivity index (χ4n) is 3.69. The molecular formula is C24H21FN2O4S. The van der Waals surface area contributed by atoms with Gasteiger partial charge in [0.2, 0.25) is 0 Å². The van der Waals surface area contributed by atoms with Crippen molar-refractivity contribution in [2.75, 3.05) is 13.7 Å². The number of carbonyl (C=O) groups is 1. The number of benzene rings is 2. The van der Waals surface area contributed by atoms with E-state index in [2.05, 4.69) is 4.99 Å². The number of aromatic nitrogens is 1. The molecule has 3 aromatic rings. The first kappa shape index (κ1) is 21.7. The molecule has 0 saturated carbocycles. The Kier molecular flexibility index (Phi) is 6.05. The molecular weight excluding hydrogens is 431 g/mol. The Bertz CT molecular complexity index is 1390. The van der Waals surface area contributed by atoms with Crippen molar-refractivity contribution in [3.63, 3.8) is 0 Å². The third kappa shape index (κ3) is 3.89. The number of halogens is 1. The number of fused-ring (bicyclic) bond motifs is 1. The number of carbonyl (C=O) groups excluding carboxylic acids is 1. The Hall–Kier alpha value is -3.52. The summed E-state index contributed by atoms with van der Waals surface area (Å²) in [7, 11) is 1.54. The summed E-state index contributed by atoms with van der Waals surface area (Å²) >= 11 is 1.21. The summed E-state index contributed by atoms with van der Waals surface area (Å²) in [6.45, 7) is 3.65. The largest absolute Gasteiger partial charge is 0.496 e. The summed E-state index contributed by atoms with van der Waals surface area (Å²) in [5.41, 5.74) is 1.81. The molecule has 1 aliphatic heterocycles. The molecule has 164 valence electrons. The zero-order valence-corrected chi connectivity index (χ0v) is 18.6. The van der Waals surface area contributed by atoms with Gasteiger partial charge in [-0.3, -0.25) is 9.36 Å². The molecule has 0 spiro atoms. The average molecular weight is 453 g/mol. The van der Waals surface area contributed by atoms with Crippen LogP contribution in [0, 0.1) is 5.82 Å². The van der Waals surface area contributed by atoms with Gasteiger partial charge in [0.25, 0.3) is 5.56 Å². The van der Waals surface area contributed by atoms with Crippen molar-refractivity contribution in [2.45, 2.75) is 19.9 Å². The molecule has 2 heterocycles. The molecule has 1 atom stereocenters. The number of allylic oxidation sites excluding steroid dienone is 1. The van der Waals surface area contributed by atoms with E-state index in [1.807, 2.05) is 18.2 Å². The molecule has 0 bridgehead atoms. The molecule has 0 N–H and O–H groups in total. The van der Waals surface area contributed by atoms with Gasteiger partial charge in [-0.15, -0.1) is 0 Å². The van der Waals surface area contributed by atoms with Gasteiger partial charge in [0.05, 0.1) is 29.5 Å². The molecule has 1 aliphatic rings. The van der Waals surface area contributed by atoms with Gasteiger partial charge in [0.1, 0.15) is 17.6 Å². The maximum atomic E-state index is 13.5. The summed E-state index contributed by atoms with van der Waals surface area (Å²) in [5, 5.41) is 0. The van der Waals surface area contributed by atoms with Gasteiger partial charge in [-0.05, 0) is 43.7 Å². The predicted molar refractivity (Wildman–Crippen MR) is 120 cm³/mol. The van der Waals surface area contributed by atoms with Crippen molar-refractivity contribution in [1.82, 2.24) is 4.57 Å². The van der Waals surface area contributed by atoms with Crippen LogP contribution >= 0.6 is 11.3 Å². The van der Waals surface area contributed by atoms with Crippen LogP contribution < -0.4 is 19.6 Å². The van der Waals surface area contributed by atoms with Gasteiger partial charge in [0, 0.05) is 5.56 Å². The minimum atomic E-state index is -0.753. The summed E-state index contributed by atoms with van der Waals surface area (Å²) < 4.78 is 26.0. The molecule has 0 amide bonds. The number of hydrogen-bond acceptors (Lipinski definition) is 6. The fraction of sp³-hybridized carbons (Fsp3) is 0.208. The molecule has 4 rings (SSSR count). The lowest BCUT2D eigenvalue weighted by Gasteiger charge is -2.25. The predicted octanol–water partition coefficient (Wildman–Crippen LogP) is 2.95. The van der Waals surface area contributed by atoms with Crippen LogP contribution in [0.15, 0.2) is 69.6 Å². The monoisotopic (exact) mass is 452 g/mol. The van der Waals surface area contributed by atoms with E-state index < -0.39 is 12.0 Å². The molecule has 1 aromatic heterocycles. The smallest absolute Gasteiger partial charge is 0.338 e. The second-order valence-corrected chi connectivity index (χ2v) is 8.10. The highest BCUT2D eigenvalue weighted by Gasteiger charge is 2.34. The van der Waals surface area contributed by atoms with Crippen molar-refractivity contribution in [1.29, 1.82) is 0 Å². The number of nitrogens with zero attached hydrogens (tertiary/aromatic N) is 2. The van der Waals surface area contributed by atoms with Crippen LogP contribution in [0.4, 0.5) is 4.39 Å². The van der Waals surface area contributed by atoms with Crippen LogP contribution in [0.5, 0.6) is 5.75 Å². The molecule has 0 saturated heterocycles. The lowest BCUT2D eigenvalue weighted by molar-refractivity contribution is -0.139. The van der Waals surface area contributed by atoms with E-state index in [4.69, 9.17) is 9.47 Å². The van der Waals surface area contributed by atoms with Gasteiger partial charge >= 0.3 is 5.97 Å². The minimum absolute atomic E-state index is 0.198. The maximum Gasteiger partial charge on any atom is 0.338 e. The second kappa shape index (κ2) is 8.92. The molecule has 0 unspecified atom stereocenters. The number of hydrogen-bond donors (Lipinski definition) is 0. The Labute approximate surface area is 187 Å². The molecule has 0 fully saturated rings. The van der Waals surface area contributed by atoms with Gasteiger partial charge < -0.3 is 9.47 Å². The van der Waals surface area contributed by atoms with Crippen LogP contribution in [-0.2, 0) is 9.53 Å². The highest BCUT2D eigenvalue weighted by Crippen LogP contribution is 2.35. The van der Waals surface area contributed by atoms with Crippen LogP contribution in [-0.4, -0.2) is 24.3 Å². The molecule has 0 aliphatic carbocycles. The first-order chi connectivity index (χ1) is 15.4. The third-order valence-electron chi connectivity index (χ3n) is 5.12. The standard InChI is InChI=1S/C24H21FN2O4S/c1-4-31-23(29)20-14(2)26-24-27(21(20)17-7-5-6-8-18(17)30-3)22(28)19(32-24)13-15-9-11-16(25)12-10-15/h5-13,21H,4H2,1-3H3/b19-13-/t21-/m1/s1. The highest BCUT2D eigenvalue weighted by atomic mass is 32.1. The zero-order chi connectivity index (χ0) is 22.8. The van der Waals surface area contributed by atoms with Crippen molar-refractivity contribution in [3.8, 4) is 5.75 Å². The number of para-hydroxylation sites is 1. The summed E-state index contributed by atoms with van der Waals surface area (Å²) in [5.74, 6) is -0.339. The summed E-state index contributed by atoms with van der Waals surface area (Å²) in [6.07, 6.45) is 1.69. The van der Waals surface area contributed by atoms with Gasteiger partial charge in [-0.2, -0.15) is 0 Å². The van der Waals surface area contributed by atoms with Crippen molar-refractivity contribution >= 4 is 23.4 Å². The lowest BCUT2D eigenvalue weighted by atomic mass is 9.95. The van der Waals surface area contributed by atoms with E-state index in [9.17, 15) is 14.0 Å². The van der Waals surface area contributed by atoms with E-state index in [0.29, 0.717) is 31.9 Å². The normalized spacial score (nSPS) is 15.9. The highest BCUT2D eigenvalue weighted by molar-refractivity contribution is 7.07. The SMILES string of the molecule is CCOC(=O)C1=C(C)N=c2s/c(=C\c3ccc(F)cc3)c(=O)n2[C@@H]1c1ccccc1OC. The van der Waals surface area contributed by atoms with Gasteiger partial charge in [0.15, 0.2) is 4.80 Å². The zero-order valence-electron chi connectivity index (χ0n) is 17.8. The number of thiazole rings is 1. The van der Waals surface area contributed by atoms with Crippen molar-refractivity contribution < 1.29 is 18.7 Å². The van der Waals surface area contributed by atoms with Crippen molar-refractivity contribution in [3.05, 3.63) is 96.4 Å². The minimum Gasteiger partial charge on any atom is -0.496 e. The van der Waals surface area contributed by atoms with Crippen LogP contribution in [0.2, 0.25) is 0 Å². The Morgan fingerprint density at radius 3 is 2.62 bits per heavy atom. The average Bonchev–Trinajstić information content (AvgIpc) is 3.09. The molecule has 0 radical (unpaired) electrons. The first-order valence-corrected chi connectivity index (χ1v) is 10.8. The Morgan fingerprint density at radius 1 is 1.22 bits per heavy atom. The lowest BCUT2D eigenvalue weighted by Crippen LogP contribution is -2.40.